The van der Waals surface area contributed by atoms with Gasteiger partial charge in [-0.2, -0.15) is 0 Å². The Morgan fingerprint density at radius 3 is 2.25 bits per heavy atom. The predicted octanol–water partition coefficient (Wildman–Crippen LogP) is 0.636. The van der Waals surface area contributed by atoms with Gasteiger partial charge < -0.3 is 10.5 Å². The number of hydrogen-bond acceptors (Lipinski definition) is 3. The monoisotopic (exact) mass is 149 g/mol. The van der Waals surface area contributed by atoms with E-state index in [1.54, 1.807) is 0 Å². The van der Waals surface area contributed by atoms with Gasteiger partial charge in [-0.25, -0.2) is 0 Å². The molecule has 0 aromatic heterocycles. The molecule has 0 aliphatic rings. The van der Waals surface area contributed by atoms with Gasteiger partial charge in [0.25, 0.3) is 0 Å². The van der Waals surface area contributed by atoms with Crippen molar-refractivity contribution in [2.45, 2.75) is 6.92 Å². The van der Waals surface area contributed by atoms with Crippen LogP contribution in [0.15, 0.2) is 0 Å². The summed E-state index contributed by atoms with van der Waals surface area (Å²) in [7, 11) is 0. The Morgan fingerprint density at radius 2 is 2.12 bits per heavy atom. The number of rotatable bonds is 1. The van der Waals surface area contributed by atoms with Gasteiger partial charge in [0.1, 0.15) is 0 Å². The van der Waals surface area contributed by atoms with Gasteiger partial charge >= 0.3 is 0 Å². The second kappa shape index (κ2) is 3.74. The summed E-state index contributed by atoms with van der Waals surface area (Å²) in [5, 5.41) is 0.225. The molecule has 0 saturated carbocycles. The Kier molecular flexibility index (Phi) is 3.64. The second-order valence-electron chi connectivity index (χ2n) is 1.08. The summed E-state index contributed by atoms with van der Waals surface area (Å²) in [5.41, 5.74) is 5.09. The van der Waals surface area contributed by atoms with Crippen LogP contribution in [0.25, 0.3) is 0 Å². The second-order valence-corrected chi connectivity index (χ2v) is 1.90. The maximum absolute atomic E-state index is 5.09. The lowest BCUT2D eigenvalue weighted by atomic mass is 10.7. The minimum Gasteiger partial charge on any atom is -0.482 e. The molecular formula is C4H7NOS2. The van der Waals surface area contributed by atoms with Crippen molar-refractivity contribution in [1.82, 2.24) is 0 Å². The smallest absolute Gasteiger partial charge is 0.218 e. The van der Waals surface area contributed by atoms with Crippen LogP contribution >= 0.6 is 24.4 Å². The van der Waals surface area contributed by atoms with Crippen molar-refractivity contribution >= 4 is 34.5 Å². The SMILES string of the molecule is CCOC(=S)C(N)=S. The molecule has 46 valence electrons. The summed E-state index contributed by atoms with van der Waals surface area (Å²) < 4.78 is 4.77. The number of nitrogens with two attached hydrogens (primary N) is 1. The maximum atomic E-state index is 5.09. The Hall–Kier alpha value is -0.220. The van der Waals surface area contributed by atoms with E-state index in [0.717, 1.165) is 0 Å². The van der Waals surface area contributed by atoms with E-state index in [1.165, 1.54) is 0 Å². The van der Waals surface area contributed by atoms with Gasteiger partial charge in [-0.1, -0.05) is 12.2 Å². The average molecular weight is 149 g/mol. The van der Waals surface area contributed by atoms with Gasteiger partial charge in [-0.3, -0.25) is 0 Å². The summed E-state index contributed by atoms with van der Waals surface area (Å²) in [6.45, 7) is 2.35. The first-order valence-electron chi connectivity index (χ1n) is 2.15. The molecule has 0 spiro atoms. The van der Waals surface area contributed by atoms with Crippen molar-refractivity contribution in [2.24, 2.45) is 5.73 Å². The molecule has 0 aliphatic heterocycles. The number of ether oxygens (including phenoxy) is 1. The summed E-state index contributed by atoms with van der Waals surface area (Å²) in [4.78, 5) is 0.154. The van der Waals surface area contributed by atoms with Crippen LogP contribution < -0.4 is 5.73 Å². The normalized spacial score (nSPS) is 8.12. The van der Waals surface area contributed by atoms with Crippen LogP contribution in [0.3, 0.4) is 0 Å². The first-order valence-corrected chi connectivity index (χ1v) is 2.96. The Morgan fingerprint density at radius 1 is 1.62 bits per heavy atom. The fraction of sp³-hybridized carbons (Fsp3) is 0.500. The fourth-order valence-electron chi connectivity index (χ4n) is 0.202. The number of thiocarbonyl (C=S) groups is 2. The van der Waals surface area contributed by atoms with Crippen molar-refractivity contribution < 1.29 is 4.74 Å². The van der Waals surface area contributed by atoms with E-state index >= 15 is 0 Å². The standard InChI is InChI=1S/C4H7NOS2/c1-2-6-4(8)3(5)7/h2H2,1H3,(H2,5,7). The average Bonchev–Trinajstić information content (AvgIpc) is 1.67. The van der Waals surface area contributed by atoms with Crippen molar-refractivity contribution in [3.8, 4) is 0 Å². The number of hydrogen-bond donors (Lipinski definition) is 1. The molecule has 0 atom stereocenters. The molecule has 0 saturated heterocycles. The van der Waals surface area contributed by atoms with Crippen LogP contribution in [-0.2, 0) is 4.74 Å². The zero-order valence-electron chi connectivity index (χ0n) is 4.51. The fourth-order valence-corrected chi connectivity index (χ4v) is 0.379. The van der Waals surface area contributed by atoms with E-state index in [1.807, 2.05) is 6.92 Å². The van der Waals surface area contributed by atoms with Crippen LogP contribution in [0.1, 0.15) is 6.92 Å². The first kappa shape index (κ1) is 7.78. The van der Waals surface area contributed by atoms with E-state index in [9.17, 15) is 0 Å². The largest absolute Gasteiger partial charge is 0.482 e. The van der Waals surface area contributed by atoms with Crippen molar-refractivity contribution in [1.29, 1.82) is 0 Å². The molecule has 2 nitrogen and oxygen atoms in total. The van der Waals surface area contributed by atoms with Gasteiger partial charge in [0.2, 0.25) is 5.05 Å². The maximum Gasteiger partial charge on any atom is 0.218 e. The minimum atomic E-state index is 0.154. The first-order chi connectivity index (χ1) is 3.68. The lowest BCUT2D eigenvalue weighted by molar-refractivity contribution is 0.342. The van der Waals surface area contributed by atoms with E-state index in [0.29, 0.717) is 6.61 Å². The van der Waals surface area contributed by atoms with Gasteiger partial charge in [-0.15, -0.1) is 0 Å². The third-order valence-corrected chi connectivity index (χ3v) is 1.13. The molecule has 0 bridgehead atoms. The minimum absolute atomic E-state index is 0.154. The molecule has 0 aromatic rings. The molecular weight excluding hydrogens is 142 g/mol. The summed E-state index contributed by atoms with van der Waals surface area (Å²) in [5.74, 6) is 0. The molecule has 0 radical (unpaired) electrons. The third kappa shape index (κ3) is 2.87. The van der Waals surface area contributed by atoms with Gasteiger partial charge in [0, 0.05) is 0 Å². The molecule has 0 aromatic carbocycles. The molecule has 0 amide bonds. The highest BCUT2D eigenvalue weighted by atomic mass is 32.1. The van der Waals surface area contributed by atoms with E-state index < -0.39 is 0 Å². The summed E-state index contributed by atoms with van der Waals surface area (Å²) in [6, 6.07) is 0. The third-order valence-electron chi connectivity index (χ3n) is 0.477. The van der Waals surface area contributed by atoms with E-state index in [4.69, 9.17) is 10.5 Å². The lowest BCUT2D eigenvalue weighted by Gasteiger charge is -1.99. The Balaban J connectivity index is 3.49. The topological polar surface area (TPSA) is 35.2 Å². The van der Waals surface area contributed by atoms with Crippen molar-refractivity contribution in [3.05, 3.63) is 0 Å². The van der Waals surface area contributed by atoms with Crippen LogP contribution in [0.5, 0.6) is 0 Å². The van der Waals surface area contributed by atoms with Crippen LogP contribution in [0.2, 0.25) is 0 Å². The van der Waals surface area contributed by atoms with Crippen LogP contribution in [-0.4, -0.2) is 16.6 Å². The molecule has 0 fully saturated rings. The summed E-state index contributed by atoms with van der Waals surface area (Å²) >= 11 is 9.08. The highest BCUT2D eigenvalue weighted by molar-refractivity contribution is 7.89. The highest BCUT2D eigenvalue weighted by Crippen LogP contribution is 1.80. The summed E-state index contributed by atoms with van der Waals surface area (Å²) in [6.07, 6.45) is 0. The molecule has 0 unspecified atom stereocenters. The van der Waals surface area contributed by atoms with Crippen molar-refractivity contribution in [2.75, 3.05) is 6.61 Å². The van der Waals surface area contributed by atoms with E-state index in [-0.39, 0.29) is 10.0 Å². The molecule has 0 aliphatic carbocycles. The van der Waals surface area contributed by atoms with Gasteiger partial charge in [0.15, 0.2) is 4.99 Å². The molecule has 2 N–H and O–H groups in total. The van der Waals surface area contributed by atoms with Crippen LogP contribution in [0.4, 0.5) is 0 Å². The van der Waals surface area contributed by atoms with Crippen molar-refractivity contribution in [3.63, 3.8) is 0 Å². The predicted molar refractivity (Wildman–Crippen MR) is 41.0 cm³/mol. The van der Waals surface area contributed by atoms with E-state index in [2.05, 4.69) is 24.4 Å². The molecule has 0 rings (SSSR count). The van der Waals surface area contributed by atoms with Crippen LogP contribution in [0, 0.1) is 0 Å². The quantitative estimate of drug-likeness (QED) is 0.555. The Bertz CT molecular complexity index is 113. The van der Waals surface area contributed by atoms with Gasteiger partial charge in [0.05, 0.1) is 6.61 Å². The zero-order valence-corrected chi connectivity index (χ0v) is 6.14. The molecule has 0 heterocycles. The van der Waals surface area contributed by atoms with Gasteiger partial charge in [-0.05, 0) is 19.1 Å². The lowest BCUT2D eigenvalue weighted by Crippen LogP contribution is -2.21. The highest BCUT2D eigenvalue weighted by Gasteiger charge is 1.95. The molecule has 4 heteroatoms. The molecule has 8 heavy (non-hydrogen) atoms. The zero-order chi connectivity index (χ0) is 6.57. The Labute approximate surface area is 59.0 Å².